The van der Waals surface area contributed by atoms with Crippen LogP contribution in [0.25, 0.3) is 0 Å². The van der Waals surface area contributed by atoms with Crippen LogP contribution in [-0.2, 0) is 6.54 Å². The number of hydrogen-bond acceptors (Lipinski definition) is 5. The highest BCUT2D eigenvalue weighted by Crippen LogP contribution is 2.27. The molecule has 0 radical (unpaired) electrons. The van der Waals surface area contributed by atoms with Gasteiger partial charge in [0.25, 0.3) is 5.69 Å². The standard InChI is InChI=1S/C13H12ClN3O3/c1-20-13-5-2-9(8-16-13)7-15-12-6-10(17(18)19)3-4-11(12)14/h2-6,8,15H,7H2,1H3. The van der Waals surface area contributed by atoms with Crippen LogP contribution in [-0.4, -0.2) is 17.0 Å². The summed E-state index contributed by atoms with van der Waals surface area (Å²) >= 11 is 5.99. The number of ether oxygens (including phenoxy) is 1. The molecule has 0 aliphatic heterocycles. The molecule has 1 heterocycles. The van der Waals surface area contributed by atoms with Crippen molar-refractivity contribution in [3.05, 3.63) is 57.2 Å². The summed E-state index contributed by atoms with van der Waals surface area (Å²) in [5, 5.41) is 14.2. The van der Waals surface area contributed by atoms with Gasteiger partial charge in [0.1, 0.15) is 0 Å². The summed E-state index contributed by atoms with van der Waals surface area (Å²) in [6.45, 7) is 0.456. The lowest BCUT2D eigenvalue weighted by atomic mass is 10.2. The van der Waals surface area contributed by atoms with Crippen LogP contribution in [0.2, 0.25) is 5.02 Å². The molecule has 2 rings (SSSR count). The third-order valence-electron chi connectivity index (χ3n) is 2.65. The fourth-order valence-corrected chi connectivity index (χ4v) is 1.78. The molecule has 0 saturated carbocycles. The molecule has 0 bridgehead atoms. The van der Waals surface area contributed by atoms with E-state index in [0.717, 1.165) is 5.56 Å². The SMILES string of the molecule is COc1ccc(CNc2cc([N+](=O)[O-])ccc2Cl)cn1. The number of nitrogens with one attached hydrogen (secondary N) is 1. The minimum atomic E-state index is -0.462. The van der Waals surface area contributed by atoms with Crippen molar-refractivity contribution in [2.75, 3.05) is 12.4 Å². The molecule has 2 aromatic rings. The minimum absolute atomic E-state index is 0.00949. The predicted octanol–water partition coefficient (Wildman–Crippen LogP) is 3.26. The first-order valence-electron chi connectivity index (χ1n) is 5.77. The third-order valence-corrected chi connectivity index (χ3v) is 2.98. The molecule has 20 heavy (non-hydrogen) atoms. The van der Waals surface area contributed by atoms with Crippen molar-refractivity contribution in [3.63, 3.8) is 0 Å². The zero-order valence-electron chi connectivity index (χ0n) is 10.7. The molecule has 0 atom stereocenters. The Hall–Kier alpha value is -2.34. The number of nitro benzene ring substituents is 1. The Kier molecular flexibility index (Phi) is 4.37. The molecule has 0 unspecified atom stereocenters. The van der Waals surface area contributed by atoms with E-state index in [1.807, 2.05) is 6.07 Å². The van der Waals surface area contributed by atoms with Crippen LogP contribution < -0.4 is 10.1 Å². The third kappa shape index (κ3) is 3.36. The van der Waals surface area contributed by atoms with Crippen molar-refractivity contribution in [1.29, 1.82) is 0 Å². The molecule has 0 aliphatic rings. The first-order chi connectivity index (χ1) is 9.60. The number of nitrogens with zero attached hydrogens (tertiary/aromatic N) is 2. The second-order valence-electron chi connectivity index (χ2n) is 3.98. The fraction of sp³-hybridized carbons (Fsp3) is 0.154. The van der Waals surface area contributed by atoms with Gasteiger partial charge < -0.3 is 10.1 Å². The Morgan fingerprint density at radius 1 is 1.40 bits per heavy atom. The van der Waals surface area contributed by atoms with Gasteiger partial charge in [-0.25, -0.2) is 4.98 Å². The molecule has 7 heteroatoms. The first kappa shape index (κ1) is 14.1. The summed E-state index contributed by atoms with van der Waals surface area (Å²) in [5.41, 5.74) is 1.41. The molecular formula is C13H12ClN3O3. The summed E-state index contributed by atoms with van der Waals surface area (Å²) in [7, 11) is 1.54. The molecular weight excluding hydrogens is 282 g/mol. The van der Waals surface area contributed by atoms with Crippen molar-refractivity contribution in [2.45, 2.75) is 6.54 Å². The highest BCUT2D eigenvalue weighted by molar-refractivity contribution is 6.33. The number of hydrogen-bond donors (Lipinski definition) is 1. The monoisotopic (exact) mass is 293 g/mol. The molecule has 1 aromatic carbocycles. The summed E-state index contributed by atoms with van der Waals surface area (Å²) in [6, 6.07) is 7.85. The number of halogens is 1. The van der Waals surface area contributed by atoms with Crippen LogP contribution in [0, 0.1) is 10.1 Å². The molecule has 0 spiro atoms. The summed E-state index contributed by atoms with van der Waals surface area (Å²) in [4.78, 5) is 14.3. The van der Waals surface area contributed by atoms with Crippen molar-refractivity contribution in [3.8, 4) is 5.88 Å². The Morgan fingerprint density at radius 3 is 2.80 bits per heavy atom. The van der Waals surface area contributed by atoms with Gasteiger partial charge >= 0.3 is 0 Å². The van der Waals surface area contributed by atoms with Crippen molar-refractivity contribution >= 4 is 23.0 Å². The smallest absolute Gasteiger partial charge is 0.271 e. The number of anilines is 1. The van der Waals surface area contributed by atoms with Crippen LogP contribution in [0.5, 0.6) is 5.88 Å². The van der Waals surface area contributed by atoms with Crippen LogP contribution in [0.4, 0.5) is 11.4 Å². The van der Waals surface area contributed by atoms with Crippen LogP contribution in [0.3, 0.4) is 0 Å². The molecule has 0 saturated heterocycles. The van der Waals surface area contributed by atoms with E-state index in [0.29, 0.717) is 23.1 Å². The lowest BCUT2D eigenvalue weighted by molar-refractivity contribution is -0.384. The van der Waals surface area contributed by atoms with Crippen LogP contribution in [0.1, 0.15) is 5.56 Å². The zero-order chi connectivity index (χ0) is 14.5. The van der Waals surface area contributed by atoms with Crippen LogP contribution >= 0.6 is 11.6 Å². The maximum atomic E-state index is 10.7. The number of rotatable bonds is 5. The van der Waals surface area contributed by atoms with Crippen molar-refractivity contribution < 1.29 is 9.66 Å². The second kappa shape index (κ2) is 6.21. The van der Waals surface area contributed by atoms with Gasteiger partial charge in [0.2, 0.25) is 5.88 Å². The molecule has 0 fully saturated rings. The molecule has 1 aromatic heterocycles. The summed E-state index contributed by atoms with van der Waals surface area (Å²) in [5.74, 6) is 0.530. The van der Waals surface area contributed by atoms with Gasteiger partial charge in [-0.3, -0.25) is 10.1 Å². The van der Waals surface area contributed by atoms with Gasteiger partial charge in [-0.1, -0.05) is 17.7 Å². The topological polar surface area (TPSA) is 77.3 Å². The Labute approximate surface area is 120 Å². The first-order valence-corrected chi connectivity index (χ1v) is 6.14. The van der Waals surface area contributed by atoms with Gasteiger partial charge in [-0.15, -0.1) is 0 Å². The number of nitro groups is 1. The molecule has 104 valence electrons. The number of benzene rings is 1. The van der Waals surface area contributed by atoms with E-state index in [9.17, 15) is 10.1 Å². The second-order valence-corrected chi connectivity index (χ2v) is 4.39. The maximum Gasteiger partial charge on any atom is 0.271 e. The number of methoxy groups -OCH3 is 1. The lowest BCUT2D eigenvalue weighted by Crippen LogP contribution is -2.01. The van der Waals surface area contributed by atoms with Gasteiger partial charge in [-0.05, 0) is 11.6 Å². The van der Waals surface area contributed by atoms with E-state index in [1.54, 1.807) is 19.4 Å². The quantitative estimate of drug-likeness (QED) is 0.676. The van der Waals surface area contributed by atoms with E-state index in [1.165, 1.54) is 18.2 Å². The zero-order valence-corrected chi connectivity index (χ0v) is 11.4. The number of aromatic nitrogens is 1. The van der Waals surface area contributed by atoms with Crippen molar-refractivity contribution in [1.82, 2.24) is 4.98 Å². The van der Waals surface area contributed by atoms with E-state index in [2.05, 4.69) is 10.3 Å². The number of non-ortho nitro benzene ring substituents is 1. The van der Waals surface area contributed by atoms with Crippen LogP contribution in [0.15, 0.2) is 36.5 Å². The number of pyridine rings is 1. The minimum Gasteiger partial charge on any atom is -0.481 e. The Balaban J connectivity index is 2.09. The highest BCUT2D eigenvalue weighted by Gasteiger charge is 2.09. The average molecular weight is 294 g/mol. The van der Waals surface area contributed by atoms with E-state index < -0.39 is 4.92 Å². The van der Waals surface area contributed by atoms with Crippen molar-refractivity contribution in [2.24, 2.45) is 0 Å². The van der Waals surface area contributed by atoms with Gasteiger partial charge in [-0.2, -0.15) is 0 Å². The Bertz CT molecular complexity index is 617. The fourth-order valence-electron chi connectivity index (χ4n) is 1.60. The molecule has 0 aliphatic carbocycles. The van der Waals surface area contributed by atoms with E-state index >= 15 is 0 Å². The van der Waals surface area contributed by atoms with E-state index in [-0.39, 0.29) is 5.69 Å². The van der Waals surface area contributed by atoms with E-state index in [4.69, 9.17) is 16.3 Å². The molecule has 1 N–H and O–H groups in total. The molecule has 6 nitrogen and oxygen atoms in total. The van der Waals surface area contributed by atoms with Gasteiger partial charge in [0.15, 0.2) is 0 Å². The molecule has 0 amide bonds. The summed E-state index contributed by atoms with van der Waals surface area (Å²) < 4.78 is 4.97. The average Bonchev–Trinajstić information content (AvgIpc) is 2.46. The summed E-state index contributed by atoms with van der Waals surface area (Å²) in [6.07, 6.45) is 1.66. The van der Waals surface area contributed by atoms with Gasteiger partial charge in [0.05, 0.1) is 22.7 Å². The normalized spacial score (nSPS) is 10.1. The Morgan fingerprint density at radius 2 is 2.20 bits per heavy atom. The predicted molar refractivity (Wildman–Crippen MR) is 76.2 cm³/mol. The lowest BCUT2D eigenvalue weighted by Gasteiger charge is -2.08. The van der Waals surface area contributed by atoms with Gasteiger partial charge in [0, 0.05) is 30.9 Å². The maximum absolute atomic E-state index is 10.7. The largest absolute Gasteiger partial charge is 0.481 e. The highest BCUT2D eigenvalue weighted by atomic mass is 35.5.